The van der Waals surface area contributed by atoms with Crippen LogP contribution in [-0.2, 0) is 11.2 Å². The van der Waals surface area contributed by atoms with Crippen molar-refractivity contribution in [3.05, 3.63) is 65.7 Å². The fourth-order valence-corrected chi connectivity index (χ4v) is 2.91. The first-order valence-corrected chi connectivity index (χ1v) is 7.70. The molecule has 0 aliphatic heterocycles. The van der Waals surface area contributed by atoms with Crippen LogP contribution in [0.3, 0.4) is 0 Å². The smallest absolute Gasteiger partial charge is 0.228 e. The molecule has 2 aromatic rings. The number of benzene rings is 2. The lowest BCUT2D eigenvalue weighted by atomic mass is 10.1. The Morgan fingerprint density at radius 2 is 1.81 bits per heavy atom. The van der Waals surface area contributed by atoms with Gasteiger partial charge in [-0.15, -0.1) is 0 Å². The second kappa shape index (κ2) is 6.13. The van der Waals surface area contributed by atoms with Crippen LogP contribution in [0.5, 0.6) is 0 Å². The Labute approximate surface area is 126 Å². The first-order valence-electron chi connectivity index (χ1n) is 7.70. The monoisotopic (exact) mass is 279 g/mol. The summed E-state index contributed by atoms with van der Waals surface area (Å²) in [5, 5.41) is 2.96. The highest BCUT2D eigenvalue weighted by molar-refractivity contribution is 5.92. The summed E-state index contributed by atoms with van der Waals surface area (Å²) in [6.07, 6.45) is 3.00. The molecule has 2 aromatic carbocycles. The molecule has 1 amide bonds. The molecule has 1 fully saturated rings. The minimum Gasteiger partial charge on any atom is -0.326 e. The van der Waals surface area contributed by atoms with E-state index in [4.69, 9.17) is 0 Å². The topological polar surface area (TPSA) is 29.1 Å². The van der Waals surface area contributed by atoms with Gasteiger partial charge >= 0.3 is 0 Å². The van der Waals surface area contributed by atoms with Gasteiger partial charge in [0.2, 0.25) is 5.91 Å². The zero-order valence-corrected chi connectivity index (χ0v) is 12.4. The summed E-state index contributed by atoms with van der Waals surface area (Å²) in [6.45, 7) is 2.25. The van der Waals surface area contributed by atoms with E-state index in [0.717, 1.165) is 23.1 Å². The van der Waals surface area contributed by atoms with Crippen LogP contribution < -0.4 is 5.32 Å². The first-order chi connectivity index (χ1) is 10.3. The Morgan fingerprint density at radius 1 is 1.10 bits per heavy atom. The quantitative estimate of drug-likeness (QED) is 0.864. The molecule has 3 rings (SSSR count). The van der Waals surface area contributed by atoms with E-state index in [1.807, 2.05) is 42.5 Å². The minimum absolute atomic E-state index is 0.0341. The zero-order valence-electron chi connectivity index (χ0n) is 12.4. The van der Waals surface area contributed by atoms with Crippen molar-refractivity contribution in [2.24, 2.45) is 5.92 Å². The highest BCUT2D eigenvalue weighted by Gasteiger charge is 2.36. The Morgan fingerprint density at radius 3 is 2.43 bits per heavy atom. The van der Waals surface area contributed by atoms with E-state index in [0.29, 0.717) is 6.42 Å². The lowest BCUT2D eigenvalue weighted by molar-refractivity contribution is -0.115. The van der Waals surface area contributed by atoms with Gasteiger partial charge in [-0.2, -0.15) is 0 Å². The highest BCUT2D eigenvalue weighted by Crippen LogP contribution is 2.49. The van der Waals surface area contributed by atoms with Crippen molar-refractivity contribution in [1.29, 1.82) is 0 Å². The maximum absolute atomic E-state index is 12.0. The molecule has 0 spiro atoms. The normalized spacial score (nSPS) is 20.0. The third-order valence-electron chi connectivity index (χ3n) is 4.28. The van der Waals surface area contributed by atoms with Gasteiger partial charge in [0, 0.05) is 5.69 Å². The molecule has 0 bridgehead atoms. The molecule has 0 aromatic heterocycles. The standard InChI is InChI=1S/C19H21NO/c1-2-15-13-18(15)16-8-10-17(11-9-16)20-19(21)12-14-6-4-3-5-7-14/h3-11,15,18H,2,12-13H2,1H3,(H,20,21)/t15-,18+/m0/s1. The molecule has 0 radical (unpaired) electrons. The summed E-state index contributed by atoms with van der Waals surface area (Å²) in [5.41, 5.74) is 3.33. The number of carbonyl (C=O) groups excluding carboxylic acids is 1. The summed E-state index contributed by atoms with van der Waals surface area (Å²) >= 11 is 0. The van der Waals surface area contributed by atoms with Gasteiger partial charge in [-0.1, -0.05) is 55.8 Å². The van der Waals surface area contributed by atoms with Crippen molar-refractivity contribution < 1.29 is 4.79 Å². The van der Waals surface area contributed by atoms with Crippen LogP contribution in [0.2, 0.25) is 0 Å². The fraction of sp³-hybridized carbons (Fsp3) is 0.316. The van der Waals surface area contributed by atoms with Crippen molar-refractivity contribution in [2.45, 2.75) is 32.1 Å². The van der Waals surface area contributed by atoms with Gasteiger partial charge in [0.15, 0.2) is 0 Å². The van der Waals surface area contributed by atoms with E-state index in [1.165, 1.54) is 18.4 Å². The summed E-state index contributed by atoms with van der Waals surface area (Å²) in [7, 11) is 0. The largest absolute Gasteiger partial charge is 0.326 e. The van der Waals surface area contributed by atoms with Gasteiger partial charge in [0.05, 0.1) is 6.42 Å². The molecule has 21 heavy (non-hydrogen) atoms. The van der Waals surface area contributed by atoms with E-state index in [1.54, 1.807) is 0 Å². The maximum atomic E-state index is 12.0. The van der Waals surface area contributed by atoms with Crippen LogP contribution in [0.1, 0.15) is 36.8 Å². The SMILES string of the molecule is CC[C@H]1C[C@H]1c1ccc(NC(=O)Cc2ccccc2)cc1. The van der Waals surface area contributed by atoms with Crippen LogP contribution in [0.4, 0.5) is 5.69 Å². The van der Waals surface area contributed by atoms with Gasteiger partial charge < -0.3 is 5.32 Å². The molecule has 2 heteroatoms. The molecule has 1 aliphatic rings. The second-order valence-electron chi connectivity index (χ2n) is 5.84. The number of hydrogen-bond acceptors (Lipinski definition) is 1. The fourth-order valence-electron chi connectivity index (χ4n) is 2.91. The Kier molecular flexibility index (Phi) is 4.05. The van der Waals surface area contributed by atoms with Crippen molar-refractivity contribution in [3.8, 4) is 0 Å². The van der Waals surface area contributed by atoms with Crippen molar-refractivity contribution >= 4 is 11.6 Å². The van der Waals surface area contributed by atoms with E-state index in [9.17, 15) is 4.79 Å². The molecule has 0 unspecified atom stereocenters. The zero-order chi connectivity index (χ0) is 14.7. The van der Waals surface area contributed by atoms with E-state index >= 15 is 0 Å². The molecule has 2 atom stereocenters. The van der Waals surface area contributed by atoms with Crippen LogP contribution >= 0.6 is 0 Å². The summed E-state index contributed by atoms with van der Waals surface area (Å²) in [5.74, 6) is 1.64. The highest BCUT2D eigenvalue weighted by atomic mass is 16.1. The van der Waals surface area contributed by atoms with Crippen LogP contribution in [0, 0.1) is 5.92 Å². The molecule has 0 saturated heterocycles. The Balaban J connectivity index is 1.56. The summed E-state index contributed by atoms with van der Waals surface area (Å²) in [6, 6.07) is 18.2. The molecular formula is C19H21NO. The lowest BCUT2D eigenvalue weighted by Crippen LogP contribution is -2.14. The minimum atomic E-state index is 0.0341. The van der Waals surface area contributed by atoms with Crippen molar-refractivity contribution in [2.75, 3.05) is 5.32 Å². The molecule has 2 nitrogen and oxygen atoms in total. The summed E-state index contributed by atoms with van der Waals surface area (Å²) in [4.78, 5) is 12.0. The number of nitrogens with one attached hydrogen (secondary N) is 1. The molecule has 0 heterocycles. The predicted octanol–water partition coefficient (Wildman–Crippen LogP) is 4.38. The number of carbonyl (C=O) groups is 1. The number of amides is 1. The molecule has 1 N–H and O–H groups in total. The lowest BCUT2D eigenvalue weighted by Gasteiger charge is -2.07. The molecule has 1 saturated carbocycles. The number of hydrogen-bond donors (Lipinski definition) is 1. The maximum Gasteiger partial charge on any atom is 0.228 e. The second-order valence-corrected chi connectivity index (χ2v) is 5.84. The van der Waals surface area contributed by atoms with Crippen molar-refractivity contribution in [1.82, 2.24) is 0 Å². The van der Waals surface area contributed by atoms with Crippen molar-refractivity contribution in [3.63, 3.8) is 0 Å². The summed E-state index contributed by atoms with van der Waals surface area (Å²) < 4.78 is 0. The van der Waals surface area contributed by atoms with Crippen LogP contribution in [-0.4, -0.2) is 5.91 Å². The average Bonchev–Trinajstić information content (AvgIpc) is 3.28. The average molecular weight is 279 g/mol. The third-order valence-corrected chi connectivity index (χ3v) is 4.28. The Hall–Kier alpha value is -2.09. The third kappa shape index (κ3) is 3.52. The van der Waals surface area contributed by atoms with Crippen LogP contribution in [0.25, 0.3) is 0 Å². The molecular weight excluding hydrogens is 258 g/mol. The van der Waals surface area contributed by atoms with Gasteiger partial charge in [-0.3, -0.25) is 4.79 Å². The van der Waals surface area contributed by atoms with Gasteiger partial charge in [-0.05, 0) is 41.5 Å². The number of rotatable bonds is 5. The van der Waals surface area contributed by atoms with E-state index < -0.39 is 0 Å². The molecule has 1 aliphatic carbocycles. The van der Waals surface area contributed by atoms with Gasteiger partial charge in [0.25, 0.3) is 0 Å². The van der Waals surface area contributed by atoms with Gasteiger partial charge in [0.1, 0.15) is 0 Å². The molecule has 108 valence electrons. The number of anilines is 1. The Bertz CT molecular complexity index is 603. The first kappa shape index (κ1) is 13.9. The van der Waals surface area contributed by atoms with E-state index in [-0.39, 0.29) is 5.91 Å². The van der Waals surface area contributed by atoms with Crippen LogP contribution in [0.15, 0.2) is 54.6 Å². The predicted molar refractivity (Wildman–Crippen MR) is 86.4 cm³/mol. The van der Waals surface area contributed by atoms with Gasteiger partial charge in [-0.25, -0.2) is 0 Å². The van der Waals surface area contributed by atoms with E-state index in [2.05, 4.69) is 24.4 Å².